The van der Waals surface area contributed by atoms with Gasteiger partial charge in [-0.1, -0.05) is 6.58 Å². The van der Waals surface area contributed by atoms with Crippen LogP contribution in [0.4, 0.5) is 0 Å². The lowest BCUT2D eigenvalue weighted by Crippen LogP contribution is -2.64. The number of nitrogens with two attached hydrogens (primary N) is 3. The summed E-state index contributed by atoms with van der Waals surface area (Å²) in [6.07, 6.45) is -12.4. The van der Waals surface area contributed by atoms with Crippen molar-refractivity contribution in [3.63, 3.8) is 0 Å². The van der Waals surface area contributed by atoms with Crippen LogP contribution in [0.15, 0.2) is 12.3 Å². The van der Waals surface area contributed by atoms with Crippen LogP contribution in [0.25, 0.3) is 0 Å². The Morgan fingerprint density at radius 2 is 1.69 bits per heavy atom. The minimum absolute atomic E-state index is 0.0414. The third-order valence-electron chi connectivity index (χ3n) is 6.49. The lowest BCUT2D eigenvalue weighted by molar-refractivity contribution is -0.286. The van der Waals surface area contributed by atoms with Gasteiger partial charge in [0.05, 0.1) is 31.0 Å². The molecule has 13 N–H and O–H groups in total. The van der Waals surface area contributed by atoms with Crippen LogP contribution < -0.4 is 22.4 Å². The monoisotopic (exact) mass is 508 g/mol. The molecule has 2 saturated heterocycles. The van der Waals surface area contributed by atoms with Gasteiger partial charge in [0.15, 0.2) is 20.6 Å². The molecule has 11 unspecified atom stereocenters. The quantitative estimate of drug-likeness (QED) is 0.110. The predicted octanol–water partition coefficient (Wildman–Crippen LogP) is -5.93. The summed E-state index contributed by atoms with van der Waals surface area (Å²) in [5.41, 5.74) is 17.8. The van der Waals surface area contributed by atoms with E-state index in [4.69, 9.17) is 36.1 Å². The fourth-order valence-corrected chi connectivity index (χ4v) is 4.10. The first kappa shape index (κ1) is 30.3. The summed E-state index contributed by atoms with van der Waals surface area (Å²) in [6.45, 7) is 6.32. The highest BCUT2D eigenvalue weighted by atomic mass is 16.7. The highest BCUT2D eigenvalue weighted by Gasteiger charge is 2.46. The Balaban J connectivity index is 1.89. The van der Waals surface area contributed by atoms with E-state index >= 15 is 0 Å². The fourth-order valence-electron chi connectivity index (χ4n) is 4.10. The normalized spacial score (nSPS) is 40.1. The van der Waals surface area contributed by atoms with E-state index < -0.39 is 85.6 Å². The first-order valence-corrected chi connectivity index (χ1v) is 11.6. The van der Waals surface area contributed by atoms with E-state index in [1.165, 1.54) is 6.92 Å². The molecule has 0 radical (unpaired) electrons. The van der Waals surface area contributed by atoms with Gasteiger partial charge < -0.3 is 72.0 Å². The highest BCUT2D eigenvalue weighted by Crippen LogP contribution is 2.26. The van der Waals surface area contributed by atoms with Gasteiger partial charge in [-0.2, -0.15) is 0 Å². The van der Waals surface area contributed by atoms with Crippen LogP contribution in [0.5, 0.6) is 0 Å². The maximum absolute atomic E-state index is 10.6. The molecule has 14 atom stereocenters. The summed E-state index contributed by atoms with van der Waals surface area (Å²) in [5, 5.41) is 63.6. The topological polar surface area (TPSA) is 248 Å². The number of ether oxygens (including phenoxy) is 4. The van der Waals surface area contributed by atoms with Crippen molar-refractivity contribution in [2.45, 2.75) is 106 Å². The van der Waals surface area contributed by atoms with Crippen molar-refractivity contribution in [2.75, 3.05) is 6.61 Å². The fraction of sp³-hybridized carbons (Fsp3) is 0.900. The molecular weight excluding hydrogens is 467 g/mol. The van der Waals surface area contributed by atoms with Gasteiger partial charge in [0.2, 0.25) is 0 Å². The summed E-state index contributed by atoms with van der Waals surface area (Å²) < 4.78 is 22.2. The number of aliphatic hydroxyl groups excluding tert-OH is 6. The molecule has 14 nitrogen and oxygen atoms in total. The van der Waals surface area contributed by atoms with Gasteiger partial charge in [0.25, 0.3) is 0 Å². The van der Waals surface area contributed by atoms with E-state index in [0.29, 0.717) is 0 Å². The zero-order valence-corrected chi connectivity index (χ0v) is 20.3. The Hall–Kier alpha value is -0.915. The number of hydrogen-bond acceptors (Lipinski definition) is 14. The number of hydrogen-bond donors (Lipinski definition) is 10. The smallest absolute Gasteiger partial charge is 0.187 e. The second-order valence-electron chi connectivity index (χ2n) is 9.29. The third kappa shape index (κ3) is 7.32. The zero-order chi connectivity index (χ0) is 26.6. The van der Waals surface area contributed by atoms with Crippen LogP contribution in [0.1, 0.15) is 20.3 Å². The second kappa shape index (κ2) is 13.1. The minimum Gasteiger partial charge on any atom is -0.400 e. The molecule has 0 aliphatic carbocycles. The van der Waals surface area contributed by atoms with Gasteiger partial charge in [0, 0.05) is 17.8 Å². The molecule has 0 bridgehead atoms. The Kier molecular flexibility index (Phi) is 11.3. The lowest BCUT2D eigenvalue weighted by atomic mass is 9.94. The largest absolute Gasteiger partial charge is 0.400 e. The van der Waals surface area contributed by atoms with Gasteiger partial charge in [0.1, 0.15) is 36.6 Å². The van der Waals surface area contributed by atoms with Crippen molar-refractivity contribution in [1.29, 1.82) is 0 Å². The van der Waals surface area contributed by atoms with Gasteiger partial charge in [-0.15, -0.1) is 0 Å². The molecular formula is C20H41BN4O10. The predicted molar refractivity (Wildman–Crippen MR) is 125 cm³/mol. The average Bonchev–Trinajstić information content (AvgIpc) is 3.09. The van der Waals surface area contributed by atoms with Crippen LogP contribution in [0, 0.1) is 0 Å². The summed E-state index contributed by atoms with van der Waals surface area (Å²) in [5.74, 6) is 0. The van der Waals surface area contributed by atoms with E-state index in [1.54, 1.807) is 14.9 Å². The van der Waals surface area contributed by atoms with Crippen molar-refractivity contribution in [3.05, 3.63) is 12.3 Å². The molecule has 0 aromatic heterocycles. The molecule has 0 amide bonds. The lowest BCUT2D eigenvalue weighted by Gasteiger charge is -2.43. The SMILES string of the molecule is BNC(CC(N)[C@H](C)OC1OC([C@@H](C)O)C(O)C(O)C1N)[C@@H](O)COC1OC(C(=C)N)C(O)C1O. The minimum atomic E-state index is -1.38. The zero-order valence-electron chi connectivity index (χ0n) is 20.3. The molecule has 15 heteroatoms. The molecule has 0 aromatic carbocycles. The van der Waals surface area contributed by atoms with E-state index in [-0.39, 0.29) is 18.7 Å². The molecule has 2 aliphatic heterocycles. The van der Waals surface area contributed by atoms with Crippen molar-refractivity contribution in [1.82, 2.24) is 5.23 Å². The Morgan fingerprint density at radius 1 is 1.06 bits per heavy atom. The van der Waals surface area contributed by atoms with Crippen molar-refractivity contribution in [2.24, 2.45) is 17.2 Å². The average molecular weight is 508 g/mol. The van der Waals surface area contributed by atoms with Crippen LogP contribution in [0.3, 0.4) is 0 Å². The van der Waals surface area contributed by atoms with Gasteiger partial charge in [-0.05, 0) is 20.3 Å². The van der Waals surface area contributed by atoms with E-state index in [1.807, 2.05) is 0 Å². The van der Waals surface area contributed by atoms with Gasteiger partial charge in [-0.25, -0.2) is 0 Å². The molecule has 2 heterocycles. The molecule has 35 heavy (non-hydrogen) atoms. The molecule has 2 fully saturated rings. The summed E-state index contributed by atoms with van der Waals surface area (Å²) >= 11 is 0. The number of rotatable bonds is 12. The standard InChI is InChI=1S/C20H41BN4O10/c1-6(22)17-15(30)16(31)20(34-17)32-5-11(27)10(25-21)4-9(23)8(3)33-19-12(24)13(28)14(29)18(35-19)7(2)26/h7-20,25-31H,1,4-5,21-24H2,2-3H3/t7-,8+,9?,10?,11+,12?,13?,14?,15?,16?,17?,18?,19?,20?/m1/s1. The first-order valence-electron chi connectivity index (χ1n) is 11.6. The van der Waals surface area contributed by atoms with E-state index in [2.05, 4.69) is 11.8 Å². The molecule has 0 spiro atoms. The van der Waals surface area contributed by atoms with Crippen molar-refractivity contribution < 1.29 is 49.6 Å². The summed E-state index contributed by atoms with van der Waals surface area (Å²) in [4.78, 5) is 0. The van der Waals surface area contributed by atoms with Crippen LogP contribution in [-0.2, 0) is 18.9 Å². The Bertz CT molecular complexity index is 682. The number of aliphatic hydroxyl groups is 6. The van der Waals surface area contributed by atoms with E-state index in [9.17, 15) is 30.6 Å². The van der Waals surface area contributed by atoms with E-state index in [0.717, 1.165) is 0 Å². The van der Waals surface area contributed by atoms with Gasteiger partial charge >= 0.3 is 0 Å². The van der Waals surface area contributed by atoms with Crippen LogP contribution in [-0.4, -0.2) is 131 Å². The van der Waals surface area contributed by atoms with Crippen molar-refractivity contribution >= 4 is 7.98 Å². The van der Waals surface area contributed by atoms with Gasteiger partial charge in [-0.3, -0.25) is 0 Å². The Morgan fingerprint density at radius 3 is 2.20 bits per heavy atom. The molecule has 0 saturated carbocycles. The van der Waals surface area contributed by atoms with Crippen molar-refractivity contribution in [3.8, 4) is 0 Å². The summed E-state index contributed by atoms with van der Waals surface area (Å²) in [6, 6.07) is -2.26. The van der Waals surface area contributed by atoms with Crippen LogP contribution >= 0.6 is 0 Å². The molecule has 2 rings (SSSR count). The molecule has 204 valence electrons. The number of nitrogens with one attached hydrogen (secondary N) is 1. The first-order chi connectivity index (χ1) is 16.3. The second-order valence-corrected chi connectivity index (χ2v) is 9.29. The third-order valence-corrected chi connectivity index (χ3v) is 6.49. The molecule has 0 aromatic rings. The Labute approximate surface area is 205 Å². The maximum Gasteiger partial charge on any atom is 0.187 e. The molecule has 2 aliphatic rings. The maximum atomic E-state index is 10.6. The summed E-state index contributed by atoms with van der Waals surface area (Å²) in [7, 11) is 1.62. The van der Waals surface area contributed by atoms with Crippen LogP contribution in [0.2, 0.25) is 0 Å². The highest BCUT2D eigenvalue weighted by molar-refractivity contribution is 6.04.